The van der Waals surface area contributed by atoms with Gasteiger partial charge in [-0.2, -0.15) is 0 Å². The van der Waals surface area contributed by atoms with Crippen molar-refractivity contribution in [1.82, 2.24) is 10.2 Å². The fraction of sp³-hybridized carbons (Fsp3) is 0.562. The molecule has 1 fully saturated rings. The zero-order valence-corrected chi connectivity index (χ0v) is 19.5. The average molecular weight is 481 g/mol. The topological polar surface area (TPSA) is 176 Å². The molecule has 2 heterocycles. The summed E-state index contributed by atoms with van der Waals surface area (Å²) in [7, 11) is 0. The molecule has 1 saturated heterocycles. The monoisotopic (exact) mass is 479 g/mol. The number of nitrogens with zero attached hydrogens (tertiary/aromatic N) is 1. The Hall–Kier alpha value is -1.98. The van der Waals surface area contributed by atoms with E-state index < -0.39 is 47.2 Å². The molecular formula is C16H21N3O8SZn. The normalized spacial score (nSPS) is 21.3. The Bertz CT molecular complexity index is 744. The Morgan fingerprint density at radius 2 is 2.00 bits per heavy atom. The van der Waals surface area contributed by atoms with Crippen molar-refractivity contribution < 1.29 is 58.4 Å². The van der Waals surface area contributed by atoms with Crippen LogP contribution < -0.4 is 11.1 Å². The number of aliphatic carboxylic acids is 2. The van der Waals surface area contributed by atoms with Gasteiger partial charge in [-0.05, 0) is 12.8 Å². The van der Waals surface area contributed by atoms with E-state index in [1.165, 1.54) is 18.7 Å². The first-order valence-corrected chi connectivity index (χ1v) is 9.49. The van der Waals surface area contributed by atoms with Gasteiger partial charge in [0.05, 0.1) is 0 Å². The van der Waals surface area contributed by atoms with Crippen LogP contribution in [0, 0.1) is 0 Å². The van der Waals surface area contributed by atoms with E-state index in [9.17, 15) is 29.1 Å². The van der Waals surface area contributed by atoms with E-state index in [1.807, 2.05) is 0 Å². The van der Waals surface area contributed by atoms with Crippen LogP contribution in [0.4, 0.5) is 0 Å². The SMILES string of the molecule is CC(=O)OCC1=C(C(=O)O)N2C(=O)C(NC(=O)CCCC(N)C(=O)O)C2SC1.[Zn]. The number of fused-ring (bicyclic) bond motifs is 1. The van der Waals surface area contributed by atoms with Crippen molar-refractivity contribution in [2.45, 2.75) is 43.6 Å². The molecule has 0 saturated carbocycles. The van der Waals surface area contributed by atoms with Gasteiger partial charge in [-0.25, -0.2) is 4.79 Å². The maximum absolute atomic E-state index is 12.4. The molecule has 2 amide bonds. The molecule has 5 N–H and O–H groups in total. The number of esters is 1. The molecule has 13 heteroatoms. The van der Waals surface area contributed by atoms with Crippen LogP contribution in [0.25, 0.3) is 0 Å². The zero-order valence-electron chi connectivity index (χ0n) is 15.8. The molecule has 0 bridgehead atoms. The number of carbonyl (C=O) groups excluding carboxylic acids is 3. The van der Waals surface area contributed by atoms with E-state index in [2.05, 4.69) is 5.32 Å². The predicted octanol–water partition coefficient (Wildman–Crippen LogP) is -1.13. The van der Waals surface area contributed by atoms with Crippen molar-refractivity contribution in [3.05, 3.63) is 11.3 Å². The summed E-state index contributed by atoms with van der Waals surface area (Å²) >= 11 is 1.26. The quantitative estimate of drug-likeness (QED) is 0.179. The van der Waals surface area contributed by atoms with Gasteiger partial charge in [0, 0.05) is 44.1 Å². The molecule has 0 aromatic carbocycles. The molecule has 0 radical (unpaired) electrons. The Labute approximate surface area is 183 Å². The van der Waals surface area contributed by atoms with Crippen LogP contribution in [-0.2, 0) is 48.2 Å². The smallest absolute Gasteiger partial charge is 0.352 e. The zero-order chi connectivity index (χ0) is 21.0. The fourth-order valence-corrected chi connectivity index (χ4v) is 4.16. The van der Waals surface area contributed by atoms with E-state index in [4.69, 9.17) is 15.6 Å². The van der Waals surface area contributed by atoms with Crippen LogP contribution in [0.1, 0.15) is 26.2 Å². The average Bonchev–Trinajstić information content (AvgIpc) is 2.62. The number of carboxylic acid groups (broad SMARTS) is 2. The van der Waals surface area contributed by atoms with Crippen LogP contribution in [0.15, 0.2) is 11.3 Å². The number of carbonyl (C=O) groups is 5. The summed E-state index contributed by atoms with van der Waals surface area (Å²) in [6, 6.07) is -1.92. The van der Waals surface area contributed by atoms with E-state index in [0.717, 1.165) is 4.90 Å². The number of thioether (sulfide) groups is 1. The predicted molar refractivity (Wildman–Crippen MR) is 95.8 cm³/mol. The number of hydrogen-bond acceptors (Lipinski definition) is 8. The standard InChI is InChI=1S/C16H21N3O8S.Zn/c1-7(20)27-5-8-6-28-14-11(13(22)19(14)12(8)16(25)26)18-10(21)4-2-3-9(17)15(23)24;/h9,11,14H,2-6,17H2,1H3,(H,18,21)(H,23,24)(H,25,26);. The number of nitrogens with two attached hydrogens (primary N) is 1. The van der Waals surface area contributed by atoms with Gasteiger partial charge in [0.15, 0.2) is 0 Å². The van der Waals surface area contributed by atoms with Gasteiger partial charge in [-0.3, -0.25) is 24.1 Å². The molecule has 0 spiro atoms. The first-order valence-electron chi connectivity index (χ1n) is 8.44. The summed E-state index contributed by atoms with van der Waals surface area (Å²) in [4.78, 5) is 58.7. The third kappa shape index (κ3) is 6.00. The summed E-state index contributed by atoms with van der Waals surface area (Å²) in [6.45, 7) is 0.977. The molecule has 156 valence electrons. The van der Waals surface area contributed by atoms with Gasteiger partial charge in [0.1, 0.15) is 29.8 Å². The number of amides is 2. The Morgan fingerprint density at radius 3 is 2.55 bits per heavy atom. The summed E-state index contributed by atoms with van der Waals surface area (Å²) in [5.74, 6) is -3.79. The van der Waals surface area contributed by atoms with Crippen molar-refractivity contribution in [1.29, 1.82) is 0 Å². The van der Waals surface area contributed by atoms with Gasteiger partial charge >= 0.3 is 17.9 Å². The van der Waals surface area contributed by atoms with Crippen molar-refractivity contribution in [3.8, 4) is 0 Å². The molecular weight excluding hydrogens is 460 g/mol. The van der Waals surface area contributed by atoms with Gasteiger partial charge in [0.2, 0.25) is 5.91 Å². The van der Waals surface area contributed by atoms with Gasteiger partial charge in [-0.1, -0.05) is 0 Å². The second-order valence-corrected chi connectivity index (χ2v) is 7.43. The summed E-state index contributed by atoms with van der Waals surface area (Å²) in [5.41, 5.74) is 5.44. The van der Waals surface area contributed by atoms with E-state index in [-0.39, 0.29) is 56.8 Å². The molecule has 2 aliphatic heterocycles. The molecule has 2 aliphatic rings. The molecule has 3 atom stereocenters. The number of hydrogen-bond donors (Lipinski definition) is 4. The summed E-state index contributed by atoms with van der Waals surface area (Å²) < 4.78 is 4.84. The van der Waals surface area contributed by atoms with Crippen molar-refractivity contribution in [2.24, 2.45) is 5.73 Å². The largest absolute Gasteiger partial charge is 0.480 e. The molecule has 29 heavy (non-hydrogen) atoms. The Kier molecular flexibility index (Phi) is 9.25. The minimum absolute atomic E-state index is 0. The third-order valence-electron chi connectivity index (χ3n) is 4.25. The summed E-state index contributed by atoms with van der Waals surface area (Å²) in [5, 5.41) is 20.1. The Balaban J connectivity index is 0.00000420. The Morgan fingerprint density at radius 1 is 1.34 bits per heavy atom. The first kappa shape index (κ1) is 25.1. The van der Waals surface area contributed by atoms with Crippen molar-refractivity contribution in [3.63, 3.8) is 0 Å². The first-order chi connectivity index (χ1) is 13.1. The van der Waals surface area contributed by atoms with Crippen LogP contribution in [-0.4, -0.2) is 74.7 Å². The maximum atomic E-state index is 12.4. The number of rotatable bonds is 9. The molecule has 0 aromatic heterocycles. The van der Waals surface area contributed by atoms with Crippen LogP contribution >= 0.6 is 11.8 Å². The van der Waals surface area contributed by atoms with Crippen LogP contribution in [0.3, 0.4) is 0 Å². The minimum atomic E-state index is -1.31. The molecule has 0 aromatic rings. The van der Waals surface area contributed by atoms with E-state index in [1.54, 1.807) is 0 Å². The van der Waals surface area contributed by atoms with Crippen LogP contribution in [0.2, 0.25) is 0 Å². The molecule has 3 unspecified atom stereocenters. The van der Waals surface area contributed by atoms with Crippen molar-refractivity contribution in [2.75, 3.05) is 12.4 Å². The third-order valence-corrected chi connectivity index (χ3v) is 5.59. The maximum Gasteiger partial charge on any atom is 0.352 e. The van der Waals surface area contributed by atoms with Gasteiger partial charge in [-0.15, -0.1) is 11.8 Å². The van der Waals surface area contributed by atoms with E-state index >= 15 is 0 Å². The second-order valence-electron chi connectivity index (χ2n) is 6.33. The number of ether oxygens (including phenoxy) is 1. The number of carboxylic acids is 2. The summed E-state index contributed by atoms with van der Waals surface area (Å²) in [6.07, 6.45) is 0.368. The fourth-order valence-electron chi connectivity index (χ4n) is 2.83. The minimum Gasteiger partial charge on any atom is -0.480 e. The molecule has 2 rings (SSSR count). The second kappa shape index (κ2) is 10.7. The van der Waals surface area contributed by atoms with Crippen molar-refractivity contribution >= 4 is 41.5 Å². The van der Waals surface area contributed by atoms with Crippen LogP contribution in [0.5, 0.6) is 0 Å². The molecule has 11 nitrogen and oxygen atoms in total. The van der Waals surface area contributed by atoms with E-state index in [0.29, 0.717) is 5.57 Å². The van der Waals surface area contributed by atoms with Gasteiger partial charge in [0.25, 0.3) is 5.91 Å². The number of nitrogens with one attached hydrogen (secondary N) is 1. The molecule has 0 aliphatic carbocycles. The number of β-lactam (4-membered cyclic amide) rings is 1. The van der Waals surface area contributed by atoms with Gasteiger partial charge < -0.3 is 26.0 Å².